The zero-order valence-corrected chi connectivity index (χ0v) is 12.7. The van der Waals surface area contributed by atoms with Crippen molar-refractivity contribution < 1.29 is 5.11 Å². The van der Waals surface area contributed by atoms with Crippen molar-refractivity contribution in [3.63, 3.8) is 0 Å². The third-order valence-corrected chi connectivity index (χ3v) is 3.31. The molecule has 3 aromatic rings. The fraction of sp³-hybridized carbons (Fsp3) is 0.214. The summed E-state index contributed by atoms with van der Waals surface area (Å²) >= 11 is 5.89. The first-order valence-electron chi connectivity index (χ1n) is 6.74. The van der Waals surface area contributed by atoms with E-state index in [0.29, 0.717) is 34.5 Å². The van der Waals surface area contributed by atoms with E-state index in [1.165, 1.54) is 0 Å². The molecule has 114 valence electrons. The van der Waals surface area contributed by atoms with Crippen LogP contribution in [0.4, 0.5) is 17.5 Å². The molecule has 7 nitrogen and oxygen atoms in total. The average molecular weight is 319 g/mol. The van der Waals surface area contributed by atoms with Gasteiger partial charge in [0, 0.05) is 24.3 Å². The first kappa shape index (κ1) is 14.6. The van der Waals surface area contributed by atoms with E-state index in [4.69, 9.17) is 16.7 Å². The van der Waals surface area contributed by atoms with Crippen LogP contribution in [0.2, 0.25) is 5.02 Å². The van der Waals surface area contributed by atoms with E-state index < -0.39 is 0 Å². The van der Waals surface area contributed by atoms with Crippen LogP contribution in [0.15, 0.2) is 30.6 Å². The standard InChI is InChI=1S/C14H15ClN6O/c1-21-8-17-11-12(18-10-4-2-9(15)3-5-10)19-14(16-6-7-22)20-13(11)21/h2-5,8,22H,6-7H2,1H3,(H2,16,18,19,20). The van der Waals surface area contributed by atoms with Crippen LogP contribution >= 0.6 is 11.6 Å². The molecule has 0 aliphatic heterocycles. The molecule has 3 rings (SSSR count). The highest BCUT2D eigenvalue weighted by Gasteiger charge is 2.12. The second kappa shape index (κ2) is 6.17. The van der Waals surface area contributed by atoms with Gasteiger partial charge in [-0.25, -0.2) is 4.98 Å². The number of aryl methyl sites for hydroxylation is 1. The molecule has 0 bridgehead atoms. The van der Waals surface area contributed by atoms with E-state index in [1.54, 1.807) is 18.5 Å². The Labute approximate surface area is 132 Å². The lowest BCUT2D eigenvalue weighted by Crippen LogP contribution is -2.10. The predicted molar refractivity (Wildman–Crippen MR) is 86.6 cm³/mol. The summed E-state index contributed by atoms with van der Waals surface area (Å²) in [5.74, 6) is 1.02. The first-order valence-corrected chi connectivity index (χ1v) is 7.11. The van der Waals surface area contributed by atoms with E-state index in [1.807, 2.05) is 23.7 Å². The Bertz CT molecular complexity index is 786. The highest BCUT2D eigenvalue weighted by molar-refractivity contribution is 6.30. The summed E-state index contributed by atoms with van der Waals surface area (Å²) in [6.45, 7) is 0.385. The van der Waals surface area contributed by atoms with Gasteiger partial charge in [0.05, 0.1) is 12.9 Å². The number of aromatic nitrogens is 4. The van der Waals surface area contributed by atoms with Crippen molar-refractivity contribution >= 4 is 40.2 Å². The Morgan fingerprint density at radius 3 is 2.73 bits per heavy atom. The number of nitrogens with one attached hydrogen (secondary N) is 2. The molecule has 3 N–H and O–H groups in total. The molecule has 0 amide bonds. The molecule has 0 aliphatic rings. The van der Waals surface area contributed by atoms with Gasteiger partial charge < -0.3 is 20.3 Å². The number of hydrogen-bond acceptors (Lipinski definition) is 6. The fourth-order valence-electron chi connectivity index (χ4n) is 2.01. The Hall–Kier alpha value is -2.38. The Balaban J connectivity index is 2.00. The molecular weight excluding hydrogens is 304 g/mol. The molecule has 2 heterocycles. The van der Waals surface area contributed by atoms with E-state index in [0.717, 1.165) is 5.69 Å². The Kier molecular flexibility index (Phi) is 4.08. The summed E-state index contributed by atoms with van der Waals surface area (Å²) in [7, 11) is 1.87. The van der Waals surface area contributed by atoms with Crippen LogP contribution in [-0.2, 0) is 7.05 Å². The normalized spacial score (nSPS) is 10.9. The minimum atomic E-state index is 0.00668. The van der Waals surface area contributed by atoms with Gasteiger partial charge in [0.15, 0.2) is 17.0 Å². The number of hydrogen-bond donors (Lipinski definition) is 3. The van der Waals surface area contributed by atoms with Crippen molar-refractivity contribution in [1.29, 1.82) is 0 Å². The maximum Gasteiger partial charge on any atom is 0.226 e. The van der Waals surface area contributed by atoms with E-state index in [2.05, 4.69) is 25.6 Å². The summed E-state index contributed by atoms with van der Waals surface area (Å²) in [4.78, 5) is 13.1. The lowest BCUT2D eigenvalue weighted by Gasteiger charge is -2.09. The van der Waals surface area contributed by atoms with Gasteiger partial charge in [0.1, 0.15) is 0 Å². The number of fused-ring (bicyclic) bond motifs is 1. The lowest BCUT2D eigenvalue weighted by atomic mass is 10.3. The van der Waals surface area contributed by atoms with Crippen molar-refractivity contribution in [2.45, 2.75) is 0 Å². The van der Waals surface area contributed by atoms with Gasteiger partial charge in [0.2, 0.25) is 5.95 Å². The number of anilines is 3. The highest BCUT2D eigenvalue weighted by atomic mass is 35.5. The molecule has 2 aromatic heterocycles. The number of benzene rings is 1. The topological polar surface area (TPSA) is 87.9 Å². The number of halogens is 1. The summed E-state index contributed by atoms with van der Waals surface area (Å²) < 4.78 is 1.81. The minimum absolute atomic E-state index is 0.00668. The van der Waals surface area contributed by atoms with Crippen LogP contribution in [0, 0.1) is 0 Å². The monoisotopic (exact) mass is 318 g/mol. The second-order valence-corrected chi connectivity index (χ2v) is 5.14. The van der Waals surface area contributed by atoms with Crippen LogP contribution in [0.5, 0.6) is 0 Å². The van der Waals surface area contributed by atoms with Crippen molar-refractivity contribution in [2.75, 3.05) is 23.8 Å². The smallest absolute Gasteiger partial charge is 0.226 e. The molecule has 22 heavy (non-hydrogen) atoms. The van der Waals surface area contributed by atoms with Crippen LogP contribution in [-0.4, -0.2) is 37.8 Å². The summed E-state index contributed by atoms with van der Waals surface area (Å²) in [5.41, 5.74) is 2.22. The quantitative estimate of drug-likeness (QED) is 0.668. The van der Waals surface area contributed by atoms with Gasteiger partial charge in [-0.1, -0.05) is 11.6 Å². The van der Waals surface area contributed by atoms with Crippen molar-refractivity contribution in [1.82, 2.24) is 19.5 Å². The number of rotatable bonds is 5. The van der Waals surface area contributed by atoms with E-state index in [-0.39, 0.29) is 6.61 Å². The Morgan fingerprint density at radius 1 is 1.23 bits per heavy atom. The maximum absolute atomic E-state index is 8.92. The van der Waals surface area contributed by atoms with Crippen LogP contribution < -0.4 is 10.6 Å². The minimum Gasteiger partial charge on any atom is -0.395 e. The molecule has 0 saturated carbocycles. The van der Waals surface area contributed by atoms with Crippen molar-refractivity contribution in [3.8, 4) is 0 Å². The molecule has 0 saturated heterocycles. The third kappa shape index (κ3) is 2.95. The van der Waals surface area contributed by atoms with E-state index in [9.17, 15) is 0 Å². The molecule has 0 spiro atoms. The molecule has 0 atom stereocenters. The molecule has 8 heteroatoms. The average Bonchev–Trinajstić information content (AvgIpc) is 2.89. The highest BCUT2D eigenvalue weighted by Crippen LogP contribution is 2.24. The first-order chi connectivity index (χ1) is 10.7. The number of aliphatic hydroxyl groups excluding tert-OH is 1. The number of aliphatic hydroxyl groups is 1. The zero-order valence-electron chi connectivity index (χ0n) is 11.9. The Morgan fingerprint density at radius 2 is 2.00 bits per heavy atom. The van der Waals surface area contributed by atoms with Gasteiger partial charge in [-0.2, -0.15) is 9.97 Å². The van der Waals surface area contributed by atoms with Gasteiger partial charge in [0.25, 0.3) is 0 Å². The molecule has 0 aliphatic carbocycles. The molecular formula is C14H15ClN6O. The van der Waals surface area contributed by atoms with E-state index >= 15 is 0 Å². The summed E-state index contributed by atoms with van der Waals surface area (Å²) in [6.07, 6.45) is 1.68. The van der Waals surface area contributed by atoms with Gasteiger partial charge in [-0.15, -0.1) is 0 Å². The molecule has 0 unspecified atom stereocenters. The number of nitrogens with zero attached hydrogens (tertiary/aromatic N) is 4. The number of imidazole rings is 1. The predicted octanol–water partition coefficient (Wildman–Crippen LogP) is 2.16. The van der Waals surface area contributed by atoms with Crippen LogP contribution in [0.3, 0.4) is 0 Å². The summed E-state index contributed by atoms with van der Waals surface area (Å²) in [5, 5.41) is 15.8. The lowest BCUT2D eigenvalue weighted by molar-refractivity contribution is 0.311. The van der Waals surface area contributed by atoms with Crippen LogP contribution in [0.25, 0.3) is 11.2 Å². The van der Waals surface area contributed by atoms with Crippen molar-refractivity contribution in [2.24, 2.45) is 7.05 Å². The molecule has 0 fully saturated rings. The van der Waals surface area contributed by atoms with Gasteiger partial charge in [-0.05, 0) is 24.3 Å². The zero-order chi connectivity index (χ0) is 15.5. The largest absolute Gasteiger partial charge is 0.395 e. The van der Waals surface area contributed by atoms with Crippen LogP contribution in [0.1, 0.15) is 0 Å². The van der Waals surface area contributed by atoms with Gasteiger partial charge in [-0.3, -0.25) is 0 Å². The van der Waals surface area contributed by atoms with Gasteiger partial charge >= 0.3 is 0 Å². The SMILES string of the molecule is Cn1cnc2c(Nc3ccc(Cl)cc3)nc(NCCO)nc21. The molecule has 1 aromatic carbocycles. The third-order valence-electron chi connectivity index (χ3n) is 3.06. The fourth-order valence-corrected chi connectivity index (χ4v) is 2.14. The maximum atomic E-state index is 8.92. The summed E-state index contributed by atoms with van der Waals surface area (Å²) in [6, 6.07) is 7.32. The molecule has 0 radical (unpaired) electrons. The second-order valence-electron chi connectivity index (χ2n) is 4.71. The van der Waals surface area contributed by atoms with Crippen molar-refractivity contribution in [3.05, 3.63) is 35.6 Å².